The van der Waals surface area contributed by atoms with Crippen molar-refractivity contribution in [1.82, 2.24) is 24.7 Å². The summed E-state index contributed by atoms with van der Waals surface area (Å²) in [5, 5.41) is 15.1. The summed E-state index contributed by atoms with van der Waals surface area (Å²) in [5.41, 5.74) is 5.10. The second-order valence-electron chi connectivity index (χ2n) is 15.8. The van der Waals surface area contributed by atoms with Crippen LogP contribution in [0.5, 0.6) is 5.75 Å². The molecule has 2 saturated heterocycles. The van der Waals surface area contributed by atoms with Gasteiger partial charge in [0.2, 0.25) is 17.8 Å². The molecule has 1 atom stereocenters. The number of rotatable bonds is 11. The van der Waals surface area contributed by atoms with Crippen LogP contribution in [0.2, 0.25) is 0 Å². The van der Waals surface area contributed by atoms with Crippen LogP contribution >= 0.6 is 0 Å². The number of imide groups is 2. The molecule has 3 aromatic carbocycles. The van der Waals surface area contributed by atoms with Gasteiger partial charge in [0.05, 0.1) is 28.8 Å². The summed E-state index contributed by atoms with van der Waals surface area (Å²) in [6, 6.07) is 18.0. The Labute approximate surface area is 325 Å². The number of aromatic nitrogens is 2. The lowest BCUT2D eigenvalue weighted by Gasteiger charge is -2.32. The zero-order valence-corrected chi connectivity index (χ0v) is 31.7. The van der Waals surface area contributed by atoms with Crippen molar-refractivity contribution >= 4 is 46.5 Å². The van der Waals surface area contributed by atoms with Crippen LogP contribution in [0.4, 0.5) is 5.95 Å². The van der Waals surface area contributed by atoms with Crippen LogP contribution in [0, 0.1) is 18.8 Å². The van der Waals surface area contributed by atoms with Gasteiger partial charge in [-0.2, -0.15) is 0 Å². The molecular weight excluding hydrogens is 713 g/mol. The summed E-state index contributed by atoms with van der Waals surface area (Å²) in [5.74, 6) is -0.417. The van der Waals surface area contributed by atoms with E-state index >= 15 is 0 Å². The first kappa shape index (κ1) is 37.5. The molecular formula is C43H48N6O7. The van der Waals surface area contributed by atoms with Gasteiger partial charge in [-0.1, -0.05) is 23.8 Å². The monoisotopic (exact) mass is 760 g/mol. The van der Waals surface area contributed by atoms with Crippen molar-refractivity contribution in [3.8, 4) is 5.75 Å². The van der Waals surface area contributed by atoms with Gasteiger partial charge < -0.3 is 14.4 Å². The lowest BCUT2D eigenvalue weighted by Crippen LogP contribution is -2.54. The molecule has 0 radical (unpaired) electrons. The van der Waals surface area contributed by atoms with Gasteiger partial charge in [-0.05, 0) is 131 Å². The van der Waals surface area contributed by atoms with Gasteiger partial charge in [0, 0.05) is 31.2 Å². The summed E-state index contributed by atoms with van der Waals surface area (Å²) in [6.45, 7) is 5.37. The minimum atomic E-state index is -0.998. The van der Waals surface area contributed by atoms with Crippen LogP contribution in [-0.2, 0) is 16.1 Å². The Morgan fingerprint density at radius 2 is 1.68 bits per heavy atom. The first-order valence-electron chi connectivity index (χ1n) is 19.9. The Balaban J connectivity index is 0.862. The highest BCUT2D eigenvalue weighted by molar-refractivity contribution is 6.23. The molecule has 0 bridgehead atoms. The number of carbonyl (C=O) groups is 5. The summed E-state index contributed by atoms with van der Waals surface area (Å²) in [6.07, 6.45) is 6.84. The van der Waals surface area contributed by atoms with Crippen molar-refractivity contribution in [3.05, 3.63) is 88.5 Å². The summed E-state index contributed by atoms with van der Waals surface area (Å²) in [4.78, 5) is 71.9. The fraction of sp³-hybridized carbons (Fsp3) is 0.442. The Morgan fingerprint density at radius 1 is 0.893 bits per heavy atom. The number of carbonyl (C=O) groups excluding carboxylic acids is 5. The molecule has 0 spiro atoms. The molecule has 3 aliphatic heterocycles. The molecule has 4 heterocycles. The van der Waals surface area contributed by atoms with E-state index in [1.807, 2.05) is 31.2 Å². The Hall–Kier alpha value is -5.40. The second-order valence-corrected chi connectivity index (χ2v) is 15.8. The molecule has 4 aliphatic rings. The SMILES string of the molecule is Cc1cccc(C(=O)Nc2nc3cc(CN4CCC(CCOc5ccc6c(c5)C(=O)N(C5CCC(=O)NC5=O)C6=O)CC4)ccc3n2C2CCC(CO)CC2)c1. The molecule has 3 N–H and O–H groups in total. The van der Waals surface area contributed by atoms with E-state index in [1.165, 1.54) is 5.56 Å². The maximum Gasteiger partial charge on any atom is 0.262 e. The summed E-state index contributed by atoms with van der Waals surface area (Å²) < 4.78 is 8.25. The standard InChI is InChI=1S/C43H48N6O7/c1-26-3-2-4-30(21-26)39(52)46-43-44-35-22-29(7-12-36(35)48(43)31-8-5-28(25-50)6-9-31)24-47-18-15-27(16-19-47)17-20-56-32-10-11-33-34(23-32)42(55)49(41(33)54)37-13-14-38(51)45-40(37)53/h2-4,7,10-12,21-23,27-28,31,37,50H,5-6,8-9,13-20,24-25H2,1H3,(H,44,46,52)(H,45,51,53). The Morgan fingerprint density at radius 3 is 2.43 bits per heavy atom. The maximum absolute atomic E-state index is 13.4. The van der Waals surface area contributed by atoms with Gasteiger partial charge >= 0.3 is 0 Å². The summed E-state index contributed by atoms with van der Waals surface area (Å²) in [7, 11) is 0. The molecule has 1 saturated carbocycles. The highest BCUT2D eigenvalue weighted by Gasteiger charge is 2.44. The first-order valence-corrected chi connectivity index (χ1v) is 19.9. The van der Waals surface area contributed by atoms with Gasteiger partial charge in [-0.15, -0.1) is 0 Å². The average molecular weight is 761 g/mol. The minimum absolute atomic E-state index is 0.0753. The van der Waals surface area contributed by atoms with E-state index in [1.54, 1.807) is 18.2 Å². The molecule has 1 aromatic heterocycles. The van der Waals surface area contributed by atoms with E-state index in [9.17, 15) is 29.1 Å². The molecule has 5 amide bonds. The van der Waals surface area contributed by atoms with Gasteiger partial charge in [0.15, 0.2) is 0 Å². The number of aliphatic hydroxyl groups excluding tert-OH is 1. The van der Waals surface area contributed by atoms with Gasteiger partial charge in [0.1, 0.15) is 11.8 Å². The number of likely N-dealkylation sites (tertiary alicyclic amines) is 1. The number of ether oxygens (including phenoxy) is 1. The summed E-state index contributed by atoms with van der Waals surface area (Å²) >= 11 is 0. The molecule has 4 aromatic rings. The number of fused-ring (bicyclic) bond motifs is 2. The number of aryl methyl sites for hydroxylation is 1. The molecule has 56 heavy (non-hydrogen) atoms. The van der Waals surface area contributed by atoms with Crippen LogP contribution in [0.15, 0.2) is 60.7 Å². The van der Waals surface area contributed by atoms with Gasteiger partial charge in [-0.3, -0.25) is 44.4 Å². The molecule has 292 valence electrons. The van der Waals surface area contributed by atoms with E-state index in [0.717, 1.165) is 86.1 Å². The van der Waals surface area contributed by atoms with E-state index in [-0.39, 0.29) is 42.5 Å². The third-order valence-electron chi connectivity index (χ3n) is 12.0. The largest absolute Gasteiger partial charge is 0.494 e. The molecule has 13 heteroatoms. The van der Waals surface area contributed by atoms with Crippen LogP contribution in [0.1, 0.15) is 106 Å². The van der Waals surface area contributed by atoms with E-state index < -0.39 is 29.7 Å². The van der Waals surface area contributed by atoms with Crippen LogP contribution in [0.25, 0.3) is 11.0 Å². The number of nitrogens with zero attached hydrogens (tertiary/aromatic N) is 4. The lowest BCUT2D eigenvalue weighted by molar-refractivity contribution is -0.136. The highest BCUT2D eigenvalue weighted by Crippen LogP contribution is 2.37. The third kappa shape index (κ3) is 7.70. The molecule has 3 fully saturated rings. The maximum atomic E-state index is 13.4. The number of hydrogen-bond acceptors (Lipinski definition) is 9. The van der Waals surface area contributed by atoms with Crippen molar-refractivity contribution in [2.75, 3.05) is 31.6 Å². The average Bonchev–Trinajstić information content (AvgIpc) is 3.67. The van der Waals surface area contributed by atoms with Crippen molar-refractivity contribution in [2.45, 2.75) is 83.3 Å². The number of benzene rings is 3. The predicted molar refractivity (Wildman–Crippen MR) is 208 cm³/mol. The second kappa shape index (κ2) is 16.0. The van der Waals surface area contributed by atoms with Crippen LogP contribution < -0.4 is 15.4 Å². The number of amides is 5. The van der Waals surface area contributed by atoms with Gasteiger partial charge in [0.25, 0.3) is 17.7 Å². The Kier molecular flexibility index (Phi) is 10.7. The lowest BCUT2D eigenvalue weighted by atomic mass is 9.86. The van der Waals surface area contributed by atoms with Crippen LogP contribution in [-0.4, -0.2) is 86.3 Å². The van der Waals surface area contributed by atoms with E-state index in [2.05, 4.69) is 38.3 Å². The number of imidazole rings is 1. The highest BCUT2D eigenvalue weighted by atomic mass is 16.5. The van der Waals surface area contributed by atoms with Crippen molar-refractivity contribution in [3.63, 3.8) is 0 Å². The fourth-order valence-corrected chi connectivity index (χ4v) is 8.82. The molecule has 1 aliphatic carbocycles. The van der Waals surface area contributed by atoms with Crippen molar-refractivity contribution in [2.24, 2.45) is 11.8 Å². The third-order valence-corrected chi connectivity index (χ3v) is 12.0. The number of anilines is 1. The number of aliphatic hydroxyl groups is 1. The van der Waals surface area contributed by atoms with Crippen LogP contribution in [0.3, 0.4) is 0 Å². The number of nitrogens with one attached hydrogen (secondary N) is 2. The number of piperidine rings is 2. The molecule has 8 rings (SSSR count). The fourth-order valence-electron chi connectivity index (χ4n) is 8.82. The van der Waals surface area contributed by atoms with E-state index in [4.69, 9.17) is 9.72 Å². The number of hydrogen-bond donors (Lipinski definition) is 3. The predicted octanol–water partition coefficient (Wildman–Crippen LogP) is 5.40. The van der Waals surface area contributed by atoms with E-state index in [0.29, 0.717) is 35.7 Å². The van der Waals surface area contributed by atoms with Crippen molar-refractivity contribution in [1.29, 1.82) is 0 Å². The smallest absolute Gasteiger partial charge is 0.262 e. The topological polar surface area (TPSA) is 163 Å². The minimum Gasteiger partial charge on any atom is -0.494 e. The van der Waals surface area contributed by atoms with Crippen molar-refractivity contribution < 1.29 is 33.8 Å². The molecule has 1 unspecified atom stereocenters. The zero-order valence-electron chi connectivity index (χ0n) is 31.7. The quantitative estimate of drug-likeness (QED) is 0.170. The molecule has 13 nitrogen and oxygen atoms in total. The zero-order chi connectivity index (χ0) is 38.9. The van der Waals surface area contributed by atoms with Gasteiger partial charge in [-0.25, -0.2) is 4.98 Å². The first-order chi connectivity index (χ1) is 27.1. The normalized spacial score (nSPS) is 22.0. The Bertz CT molecular complexity index is 2180.